The molecular weight excluding hydrogens is 306 g/mol. The van der Waals surface area contributed by atoms with E-state index in [1.54, 1.807) is 29.2 Å². The number of carbonyl (C=O) groups is 1. The molecule has 0 aliphatic carbocycles. The fraction of sp³-hybridized carbons (Fsp3) is 0.278. The fourth-order valence-corrected chi connectivity index (χ4v) is 2.77. The van der Waals surface area contributed by atoms with Crippen LogP contribution in [0.1, 0.15) is 30.5 Å². The maximum absolute atomic E-state index is 12.6. The minimum Gasteiger partial charge on any atom is -0.423 e. The molecule has 1 aromatic carbocycles. The summed E-state index contributed by atoms with van der Waals surface area (Å²) < 4.78 is 6.88. The molecule has 3 aromatic rings. The average Bonchev–Trinajstić information content (AvgIpc) is 3.03. The first-order valence-electron chi connectivity index (χ1n) is 7.84. The molecule has 0 aliphatic rings. The highest BCUT2D eigenvalue weighted by molar-refractivity contribution is 5.97. The summed E-state index contributed by atoms with van der Waals surface area (Å²) >= 11 is 0. The van der Waals surface area contributed by atoms with Crippen molar-refractivity contribution < 1.29 is 9.21 Å². The van der Waals surface area contributed by atoms with Gasteiger partial charge in [-0.25, -0.2) is 4.79 Å². The van der Waals surface area contributed by atoms with Gasteiger partial charge in [-0.1, -0.05) is 6.92 Å². The molecule has 2 aromatic heterocycles. The third kappa shape index (κ3) is 2.95. The lowest BCUT2D eigenvalue weighted by Gasteiger charge is -2.17. The van der Waals surface area contributed by atoms with Gasteiger partial charge in [-0.15, -0.1) is 0 Å². The minimum atomic E-state index is -0.374. The Morgan fingerprint density at radius 3 is 2.75 bits per heavy atom. The summed E-state index contributed by atoms with van der Waals surface area (Å²) in [6, 6.07) is 6.49. The van der Waals surface area contributed by atoms with Crippen LogP contribution in [0.15, 0.2) is 45.9 Å². The van der Waals surface area contributed by atoms with Gasteiger partial charge < -0.3 is 9.73 Å². The number of aromatic nitrogens is 2. The molecule has 0 spiro atoms. The van der Waals surface area contributed by atoms with Crippen molar-refractivity contribution in [3.63, 3.8) is 0 Å². The van der Waals surface area contributed by atoms with Gasteiger partial charge in [-0.2, -0.15) is 5.10 Å². The molecule has 3 rings (SSSR count). The maximum atomic E-state index is 12.6. The van der Waals surface area contributed by atoms with Crippen LogP contribution >= 0.6 is 0 Å². The molecule has 6 heteroatoms. The van der Waals surface area contributed by atoms with Crippen LogP contribution in [0.2, 0.25) is 0 Å². The van der Waals surface area contributed by atoms with E-state index in [1.165, 1.54) is 6.07 Å². The zero-order valence-corrected chi connectivity index (χ0v) is 13.9. The molecule has 0 radical (unpaired) electrons. The van der Waals surface area contributed by atoms with Crippen LogP contribution in [-0.4, -0.2) is 15.7 Å². The average molecular weight is 325 g/mol. The molecular formula is C18H19N3O3. The third-order valence-corrected chi connectivity index (χ3v) is 4.09. The molecule has 1 atom stereocenters. The van der Waals surface area contributed by atoms with Crippen LogP contribution < -0.4 is 10.9 Å². The molecule has 0 bridgehead atoms. The SMILES string of the molecule is CC[C@@H](C(=O)Nc1cc2c(C)cc(=O)oc2cc1C)n1cccn1. The van der Waals surface area contributed by atoms with Crippen LogP contribution in [0, 0.1) is 13.8 Å². The van der Waals surface area contributed by atoms with E-state index in [9.17, 15) is 9.59 Å². The number of hydrogen-bond donors (Lipinski definition) is 1. The topological polar surface area (TPSA) is 77.1 Å². The Morgan fingerprint density at radius 1 is 1.29 bits per heavy atom. The zero-order chi connectivity index (χ0) is 17.3. The lowest BCUT2D eigenvalue weighted by Crippen LogP contribution is -2.26. The standard InChI is InChI=1S/C18H19N3O3/c1-4-15(21-7-5-6-19-21)18(23)20-14-10-13-11(2)9-17(22)24-16(13)8-12(14)3/h5-10,15H,4H2,1-3H3,(H,20,23)/t15-/m0/s1. The summed E-state index contributed by atoms with van der Waals surface area (Å²) in [7, 11) is 0. The summed E-state index contributed by atoms with van der Waals surface area (Å²) in [6.07, 6.45) is 4.07. The van der Waals surface area contributed by atoms with Crippen LogP contribution in [0.5, 0.6) is 0 Å². The van der Waals surface area contributed by atoms with E-state index < -0.39 is 0 Å². The first-order chi connectivity index (χ1) is 11.5. The monoisotopic (exact) mass is 325 g/mol. The molecule has 1 N–H and O–H groups in total. The van der Waals surface area contributed by atoms with E-state index in [0.29, 0.717) is 17.7 Å². The van der Waals surface area contributed by atoms with Crippen molar-refractivity contribution in [2.24, 2.45) is 0 Å². The minimum absolute atomic E-state index is 0.126. The molecule has 0 saturated heterocycles. The summed E-state index contributed by atoms with van der Waals surface area (Å²) in [5.74, 6) is -0.126. The second-order valence-electron chi connectivity index (χ2n) is 5.81. The number of benzene rings is 1. The normalized spacial score (nSPS) is 12.3. The molecule has 124 valence electrons. The first kappa shape index (κ1) is 16.0. The van der Waals surface area contributed by atoms with Crippen LogP contribution in [-0.2, 0) is 4.79 Å². The lowest BCUT2D eigenvalue weighted by molar-refractivity contribution is -0.119. The Bertz CT molecular complexity index is 942. The van der Waals surface area contributed by atoms with Crippen molar-refractivity contribution in [2.45, 2.75) is 33.2 Å². The highest BCUT2D eigenvalue weighted by Gasteiger charge is 2.19. The van der Waals surface area contributed by atoms with Gasteiger partial charge >= 0.3 is 5.63 Å². The maximum Gasteiger partial charge on any atom is 0.336 e. The molecule has 0 unspecified atom stereocenters. The smallest absolute Gasteiger partial charge is 0.336 e. The lowest BCUT2D eigenvalue weighted by atomic mass is 10.1. The molecule has 0 saturated carbocycles. The highest BCUT2D eigenvalue weighted by atomic mass is 16.4. The number of hydrogen-bond acceptors (Lipinski definition) is 4. The van der Waals surface area contributed by atoms with Crippen molar-refractivity contribution in [3.8, 4) is 0 Å². The van der Waals surface area contributed by atoms with Gasteiger partial charge in [-0.05, 0) is 49.6 Å². The Morgan fingerprint density at radius 2 is 2.08 bits per heavy atom. The van der Waals surface area contributed by atoms with Gasteiger partial charge in [0, 0.05) is 29.5 Å². The Kier molecular flexibility index (Phi) is 4.20. The second kappa shape index (κ2) is 6.31. The fourth-order valence-electron chi connectivity index (χ4n) is 2.77. The van der Waals surface area contributed by atoms with Crippen molar-refractivity contribution in [1.82, 2.24) is 9.78 Å². The highest BCUT2D eigenvalue weighted by Crippen LogP contribution is 2.26. The number of nitrogens with zero attached hydrogens (tertiary/aromatic N) is 2. The van der Waals surface area contributed by atoms with E-state index in [2.05, 4.69) is 10.4 Å². The Labute approximate surface area is 139 Å². The number of anilines is 1. The largest absolute Gasteiger partial charge is 0.423 e. The van der Waals surface area contributed by atoms with Gasteiger partial charge in [0.25, 0.3) is 0 Å². The molecule has 2 heterocycles. The Balaban J connectivity index is 1.96. The van der Waals surface area contributed by atoms with Gasteiger partial charge in [0.2, 0.25) is 5.91 Å². The van der Waals surface area contributed by atoms with E-state index in [1.807, 2.05) is 26.8 Å². The summed E-state index contributed by atoms with van der Waals surface area (Å²) in [4.78, 5) is 24.1. The van der Waals surface area contributed by atoms with E-state index in [4.69, 9.17) is 4.42 Å². The second-order valence-corrected chi connectivity index (χ2v) is 5.81. The predicted octanol–water partition coefficient (Wildman–Crippen LogP) is 3.20. The van der Waals surface area contributed by atoms with Crippen LogP contribution in [0.4, 0.5) is 5.69 Å². The molecule has 0 fully saturated rings. The van der Waals surface area contributed by atoms with Crippen molar-refractivity contribution >= 4 is 22.6 Å². The number of fused-ring (bicyclic) bond motifs is 1. The summed E-state index contributed by atoms with van der Waals surface area (Å²) in [5.41, 5.74) is 2.50. The van der Waals surface area contributed by atoms with Crippen LogP contribution in [0.25, 0.3) is 11.0 Å². The van der Waals surface area contributed by atoms with E-state index in [0.717, 1.165) is 16.5 Å². The first-order valence-corrected chi connectivity index (χ1v) is 7.84. The van der Waals surface area contributed by atoms with Gasteiger partial charge in [0.15, 0.2) is 0 Å². The van der Waals surface area contributed by atoms with Crippen molar-refractivity contribution in [2.75, 3.05) is 5.32 Å². The number of carbonyl (C=O) groups excluding carboxylic acids is 1. The summed E-state index contributed by atoms with van der Waals surface area (Å²) in [5, 5.41) is 7.92. The van der Waals surface area contributed by atoms with E-state index in [-0.39, 0.29) is 17.6 Å². The third-order valence-electron chi connectivity index (χ3n) is 4.09. The quantitative estimate of drug-likeness (QED) is 0.747. The molecule has 1 amide bonds. The predicted molar refractivity (Wildman–Crippen MR) is 92.1 cm³/mol. The van der Waals surface area contributed by atoms with Crippen LogP contribution in [0.3, 0.4) is 0 Å². The molecule has 24 heavy (non-hydrogen) atoms. The van der Waals surface area contributed by atoms with E-state index >= 15 is 0 Å². The van der Waals surface area contributed by atoms with Crippen molar-refractivity contribution in [1.29, 1.82) is 0 Å². The van der Waals surface area contributed by atoms with Gasteiger partial charge in [-0.3, -0.25) is 9.48 Å². The Hall–Kier alpha value is -2.89. The van der Waals surface area contributed by atoms with Crippen molar-refractivity contribution in [3.05, 3.63) is 58.2 Å². The van der Waals surface area contributed by atoms with Gasteiger partial charge in [0.05, 0.1) is 0 Å². The number of aryl methyl sites for hydroxylation is 2. The van der Waals surface area contributed by atoms with Gasteiger partial charge in [0.1, 0.15) is 11.6 Å². The zero-order valence-electron chi connectivity index (χ0n) is 13.9. The number of rotatable bonds is 4. The number of amides is 1. The molecule has 0 aliphatic heterocycles. The molecule has 6 nitrogen and oxygen atoms in total. The number of nitrogens with one attached hydrogen (secondary N) is 1. The summed E-state index contributed by atoms with van der Waals surface area (Å²) in [6.45, 7) is 5.66.